The van der Waals surface area contributed by atoms with Gasteiger partial charge >= 0.3 is 0 Å². The highest BCUT2D eigenvalue weighted by molar-refractivity contribution is 5.93. The average Bonchev–Trinajstić information content (AvgIpc) is 2.47. The first kappa shape index (κ1) is 14.5. The fourth-order valence-corrected chi connectivity index (χ4v) is 2.79. The number of anilines is 1. The van der Waals surface area contributed by atoms with Gasteiger partial charge in [0.05, 0.1) is 24.7 Å². The van der Waals surface area contributed by atoms with Crippen molar-refractivity contribution in [1.29, 1.82) is 5.26 Å². The molecule has 1 aromatic carbocycles. The van der Waals surface area contributed by atoms with E-state index in [1.54, 1.807) is 24.3 Å². The van der Waals surface area contributed by atoms with Crippen LogP contribution in [-0.4, -0.2) is 25.0 Å². The van der Waals surface area contributed by atoms with Crippen molar-refractivity contribution >= 4 is 11.6 Å². The van der Waals surface area contributed by atoms with E-state index in [9.17, 15) is 4.79 Å². The lowest BCUT2D eigenvalue weighted by Crippen LogP contribution is -3.17. The summed E-state index contributed by atoms with van der Waals surface area (Å²) in [4.78, 5) is 13.6. The van der Waals surface area contributed by atoms with Gasteiger partial charge < -0.3 is 10.2 Å². The van der Waals surface area contributed by atoms with Crippen LogP contribution >= 0.6 is 0 Å². The molecule has 1 fully saturated rings. The lowest BCUT2D eigenvalue weighted by atomic mass is 9.99. The third kappa shape index (κ3) is 3.58. The van der Waals surface area contributed by atoms with Crippen LogP contribution in [0.5, 0.6) is 0 Å². The Morgan fingerprint density at radius 2 is 2.15 bits per heavy atom. The minimum absolute atomic E-state index is 0.0339. The van der Waals surface area contributed by atoms with Crippen LogP contribution in [0.1, 0.15) is 32.3 Å². The van der Waals surface area contributed by atoms with Crippen LogP contribution in [0.25, 0.3) is 0 Å². The molecule has 1 aliphatic rings. The number of nitrogens with one attached hydrogen (secondary N) is 2. The van der Waals surface area contributed by atoms with E-state index in [-0.39, 0.29) is 11.9 Å². The summed E-state index contributed by atoms with van der Waals surface area (Å²) >= 11 is 0. The van der Waals surface area contributed by atoms with Crippen molar-refractivity contribution < 1.29 is 9.69 Å². The van der Waals surface area contributed by atoms with Crippen LogP contribution in [0, 0.1) is 17.2 Å². The first-order chi connectivity index (χ1) is 9.60. The van der Waals surface area contributed by atoms with E-state index < -0.39 is 0 Å². The molecule has 4 heteroatoms. The van der Waals surface area contributed by atoms with Crippen molar-refractivity contribution in [3.8, 4) is 6.07 Å². The fourth-order valence-electron chi connectivity index (χ4n) is 2.79. The molecule has 1 unspecified atom stereocenters. The second-order valence-electron chi connectivity index (χ2n) is 5.76. The minimum atomic E-state index is -0.0339. The van der Waals surface area contributed by atoms with E-state index in [0.717, 1.165) is 18.8 Å². The van der Waals surface area contributed by atoms with Gasteiger partial charge in [-0.25, -0.2) is 0 Å². The summed E-state index contributed by atoms with van der Waals surface area (Å²) in [6.45, 7) is 6.39. The van der Waals surface area contributed by atoms with Gasteiger partial charge in [-0.3, -0.25) is 4.79 Å². The number of amides is 1. The van der Waals surface area contributed by atoms with Gasteiger partial charge in [-0.05, 0) is 44.0 Å². The first-order valence-electron chi connectivity index (χ1n) is 7.25. The van der Waals surface area contributed by atoms with E-state index in [1.807, 2.05) is 6.92 Å². The van der Waals surface area contributed by atoms with Gasteiger partial charge in [0.1, 0.15) is 0 Å². The van der Waals surface area contributed by atoms with Crippen LogP contribution < -0.4 is 10.2 Å². The number of piperidine rings is 1. The van der Waals surface area contributed by atoms with E-state index in [2.05, 4.69) is 18.3 Å². The van der Waals surface area contributed by atoms with E-state index >= 15 is 0 Å². The lowest BCUT2D eigenvalue weighted by molar-refractivity contribution is -0.922. The Labute approximate surface area is 120 Å². The Morgan fingerprint density at radius 1 is 1.45 bits per heavy atom. The Hall–Kier alpha value is -1.86. The zero-order valence-corrected chi connectivity index (χ0v) is 12.1. The summed E-state index contributed by atoms with van der Waals surface area (Å²) in [6.07, 6.45) is 2.47. The molecule has 0 aliphatic carbocycles. The molecule has 1 heterocycles. The Morgan fingerprint density at radius 3 is 2.75 bits per heavy atom. The van der Waals surface area contributed by atoms with Crippen LogP contribution in [0.3, 0.4) is 0 Å². The van der Waals surface area contributed by atoms with E-state index in [4.69, 9.17) is 5.26 Å². The molecule has 20 heavy (non-hydrogen) atoms. The lowest BCUT2D eigenvalue weighted by Gasteiger charge is -2.31. The van der Waals surface area contributed by atoms with Gasteiger partial charge in [-0.2, -0.15) is 5.26 Å². The van der Waals surface area contributed by atoms with Crippen molar-refractivity contribution in [2.24, 2.45) is 5.92 Å². The molecule has 0 radical (unpaired) electrons. The van der Waals surface area contributed by atoms with Crippen molar-refractivity contribution in [3.05, 3.63) is 29.8 Å². The predicted octanol–water partition coefficient (Wildman–Crippen LogP) is 1.20. The summed E-state index contributed by atoms with van der Waals surface area (Å²) in [6, 6.07) is 9.02. The number of carbonyl (C=O) groups is 1. The molecule has 2 N–H and O–H groups in total. The molecule has 1 aliphatic heterocycles. The minimum Gasteiger partial charge on any atom is -0.325 e. The van der Waals surface area contributed by atoms with Crippen LogP contribution in [0.4, 0.5) is 5.69 Å². The summed E-state index contributed by atoms with van der Waals surface area (Å²) in [5, 5.41) is 11.7. The number of nitriles is 1. The molecule has 0 saturated carbocycles. The third-order valence-electron chi connectivity index (χ3n) is 4.09. The number of carbonyl (C=O) groups excluding carboxylic acids is 1. The second-order valence-corrected chi connectivity index (χ2v) is 5.76. The van der Waals surface area contributed by atoms with Crippen molar-refractivity contribution in [1.82, 2.24) is 0 Å². The van der Waals surface area contributed by atoms with Gasteiger partial charge in [0.2, 0.25) is 0 Å². The smallest absolute Gasteiger partial charge is 0.282 e. The number of hydrogen-bond donors (Lipinski definition) is 2. The molecule has 4 nitrogen and oxygen atoms in total. The summed E-state index contributed by atoms with van der Waals surface area (Å²) < 4.78 is 0. The molecule has 3 atom stereocenters. The van der Waals surface area contributed by atoms with Gasteiger partial charge in [-0.1, -0.05) is 6.92 Å². The molecule has 1 aromatic rings. The largest absolute Gasteiger partial charge is 0.325 e. The molecular weight excluding hydrogens is 250 g/mol. The third-order valence-corrected chi connectivity index (χ3v) is 4.09. The Balaban J connectivity index is 1.94. The zero-order chi connectivity index (χ0) is 14.5. The van der Waals surface area contributed by atoms with Crippen molar-refractivity contribution in [2.75, 3.05) is 18.4 Å². The summed E-state index contributed by atoms with van der Waals surface area (Å²) in [7, 11) is 0. The predicted molar refractivity (Wildman–Crippen MR) is 78.3 cm³/mol. The molecule has 1 amide bonds. The highest BCUT2D eigenvalue weighted by atomic mass is 16.2. The highest BCUT2D eigenvalue weighted by Gasteiger charge is 2.29. The number of likely N-dealkylation sites (tertiary alicyclic amines) is 1. The standard InChI is InChI=1S/C16H21N3O/c1-12-4-3-9-19(11-12)13(2)16(20)18-15-7-5-14(10-17)6-8-15/h5-8,12-13H,3-4,9,11H2,1-2H3,(H,18,20)/p+1/t12-,13-/m0/s1. The number of rotatable bonds is 3. The Kier molecular flexibility index (Phi) is 4.75. The molecule has 0 spiro atoms. The zero-order valence-electron chi connectivity index (χ0n) is 12.1. The maximum absolute atomic E-state index is 12.3. The SMILES string of the molecule is C[C@H]1CCC[NH+]([C@@H](C)C(=O)Nc2ccc(C#N)cc2)C1. The monoisotopic (exact) mass is 272 g/mol. The molecule has 0 aromatic heterocycles. The molecule has 0 bridgehead atoms. The summed E-state index contributed by atoms with van der Waals surface area (Å²) in [5.74, 6) is 0.753. The average molecular weight is 272 g/mol. The van der Waals surface area contributed by atoms with Crippen molar-refractivity contribution in [3.63, 3.8) is 0 Å². The van der Waals surface area contributed by atoms with Crippen LogP contribution in [-0.2, 0) is 4.79 Å². The van der Waals surface area contributed by atoms with Crippen LogP contribution in [0.15, 0.2) is 24.3 Å². The Bertz CT molecular complexity index is 503. The van der Waals surface area contributed by atoms with Gasteiger partial charge in [0.25, 0.3) is 5.91 Å². The molecule has 106 valence electrons. The molecular formula is C16H22N3O+. The second kappa shape index (κ2) is 6.53. The maximum atomic E-state index is 12.3. The number of hydrogen-bond acceptors (Lipinski definition) is 2. The van der Waals surface area contributed by atoms with E-state index in [0.29, 0.717) is 11.5 Å². The summed E-state index contributed by atoms with van der Waals surface area (Å²) in [5.41, 5.74) is 1.36. The van der Waals surface area contributed by atoms with E-state index in [1.165, 1.54) is 17.7 Å². The number of nitrogens with zero attached hydrogens (tertiary/aromatic N) is 1. The normalized spacial score (nSPS) is 23.6. The maximum Gasteiger partial charge on any atom is 0.282 e. The van der Waals surface area contributed by atoms with Gasteiger partial charge in [-0.15, -0.1) is 0 Å². The number of quaternary nitrogens is 1. The van der Waals surface area contributed by atoms with Crippen LogP contribution in [0.2, 0.25) is 0 Å². The highest BCUT2D eigenvalue weighted by Crippen LogP contribution is 2.09. The molecule has 1 saturated heterocycles. The number of benzene rings is 1. The van der Waals surface area contributed by atoms with Gasteiger partial charge in [0, 0.05) is 11.6 Å². The molecule has 2 rings (SSSR count). The quantitative estimate of drug-likeness (QED) is 0.868. The topological polar surface area (TPSA) is 57.3 Å². The fraction of sp³-hybridized carbons (Fsp3) is 0.500. The van der Waals surface area contributed by atoms with Crippen molar-refractivity contribution in [2.45, 2.75) is 32.7 Å². The van der Waals surface area contributed by atoms with Gasteiger partial charge in [0.15, 0.2) is 6.04 Å². The first-order valence-corrected chi connectivity index (χ1v) is 7.25.